The molecule has 2 heterocycles. The van der Waals surface area contributed by atoms with E-state index in [9.17, 15) is 9.59 Å². The number of carbonyl (C=O) groups is 2. The van der Waals surface area contributed by atoms with Crippen LogP contribution >= 0.6 is 11.3 Å². The molecule has 3 rings (SSSR count). The summed E-state index contributed by atoms with van der Waals surface area (Å²) in [6.45, 7) is 3.11. The monoisotopic (exact) mass is 374 g/mol. The normalized spacial score (nSPS) is 14.8. The highest BCUT2D eigenvalue weighted by atomic mass is 32.1. The summed E-state index contributed by atoms with van der Waals surface area (Å²) >= 11 is 1.24. The number of ether oxygens (including phenoxy) is 1. The Balaban J connectivity index is 1.54. The molecule has 2 amide bonds. The smallest absolute Gasteiger partial charge is 0.271 e. The Morgan fingerprint density at radius 3 is 2.69 bits per heavy atom. The van der Waals surface area contributed by atoms with Gasteiger partial charge in [-0.3, -0.25) is 9.59 Å². The lowest BCUT2D eigenvalue weighted by molar-refractivity contribution is -0.114. The number of carbonyl (C=O) groups excluding carboxylic acids is 2. The van der Waals surface area contributed by atoms with Gasteiger partial charge >= 0.3 is 0 Å². The first kappa shape index (κ1) is 18.2. The fourth-order valence-corrected chi connectivity index (χ4v) is 3.74. The molecule has 0 aliphatic carbocycles. The van der Waals surface area contributed by atoms with Crippen LogP contribution in [0.5, 0.6) is 5.75 Å². The fourth-order valence-electron chi connectivity index (χ4n) is 3.00. The van der Waals surface area contributed by atoms with E-state index in [0.717, 1.165) is 37.4 Å². The Bertz CT molecular complexity index is 784. The molecule has 1 saturated heterocycles. The second-order valence-corrected chi connectivity index (χ2v) is 6.98. The van der Waals surface area contributed by atoms with Crippen molar-refractivity contribution in [2.24, 2.45) is 0 Å². The van der Waals surface area contributed by atoms with Crippen molar-refractivity contribution in [3.05, 3.63) is 35.3 Å². The molecule has 0 spiro atoms. The molecule has 0 radical (unpaired) electrons. The minimum atomic E-state index is -0.200. The summed E-state index contributed by atoms with van der Waals surface area (Å²) in [5.74, 6) is 0.464. The van der Waals surface area contributed by atoms with Crippen molar-refractivity contribution in [2.75, 3.05) is 30.4 Å². The first-order valence-electron chi connectivity index (χ1n) is 8.48. The van der Waals surface area contributed by atoms with Crippen LogP contribution in [-0.2, 0) is 4.79 Å². The van der Waals surface area contributed by atoms with E-state index in [1.165, 1.54) is 18.3 Å². The van der Waals surface area contributed by atoms with Crippen molar-refractivity contribution in [3.63, 3.8) is 0 Å². The molecule has 7 nitrogen and oxygen atoms in total. The number of para-hydroxylation sites is 2. The van der Waals surface area contributed by atoms with E-state index in [-0.39, 0.29) is 17.9 Å². The third kappa shape index (κ3) is 4.32. The summed E-state index contributed by atoms with van der Waals surface area (Å²) in [6, 6.07) is 8.08. The molecule has 0 unspecified atom stereocenters. The topological polar surface area (TPSA) is 83.6 Å². The van der Waals surface area contributed by atoms with Crippen molar-refractivity contribution in [3.8, 4) is 5.75 Å². The van der Waals surface area contributed by atoms with Crippen LogP contribution in [0.1, 0.15) is 30.3 Å². The number of piperidine rings is 1. The Morgan fingerprint density at radius 2 is 2.00 bits per heavy atom. The predicted octanol–water partition coefficient (Wildman–Crippen LogP) is 2.51. The summed E-state index contributed by atoms with van der Waals surface area (Å²) in [5.41, 5.74) is 1.42. The number of nitrogens with zero attached hydrogens (tertiary/aromatic N) is 2. The molecule has 1 aliphatic rings. The van der Waals surface area contributed by atoms with Crippen LogP contribution in [0.2, 0.25) is 0 Å². The first-order valence-corrected chi connectivity index (χ1v) is 9.36. The van der Waals surface area contributed by atoms with E-state index in [1.807, 2.05) is 18.2 Å². The standard InChI is InChI=1S/C18H22N4O3S/c1-12(23)19-18-21-14(11-26-18)17(24)20-13-7-9-22(10-8-13)15-5-3-4-6-16(15)25-2/h3-6,11,13H,7-10H2,1-2H3,(H,20,24)(H,19,21,23). The van der Waals surface area contributed by atoms with Gasteiger partial charge in [0.2, 0.25) is 5.91 Å². The highest BCUT2D eigenvalue weighted by molar-refractivity contribution is 7.14. The van der Waals surface area contributed by atoms with Crippen molar-refractivity contribution >= 4 is 34.0 Å². The average Bonchev–Trinajstić information content (AvgIpc) is 3.10. The number of hydrogen-bond donors (Lipinski definition) is 2. The zero-order chi connectivity index (χ0) is 18.5. The lowest BCUT2D eigenvalue weighted by atomic mass is 10.0. The number of methoxy groups -OCH3 is 1. The molecule has 0 bridgehead atoms. The molecule has 2 aromatic rings. The SMILES string of the molecule is COc1ccccc1N1CCC(NC(=O)c2csc(NC(C)=O)n2)CC1. The third-order valence-electron chi connectivity index (χ3n) is 4.28. The lowest BCUT2D eigenvalue weighted by Crippen LogP contribution is -2.44. The first-order chi connectivity index (χ1) is 12.6. The summed E-state index contributed by atoms with van der Waals surface area (Å²) in [6.07, 6.45) is 1.71. The van der Waals surface area contributed by atoms with E-state index in [4.69, 9.17) is 4.74 Å². The van der Waals surface area contributed by atoms with Gasteiger partial charge in [-0.05, 0) is 25.0 Å². The fraction of sp³-hybridized carbons (Fsp3) is 0.389. The van der Waals surface area contributed by atoms with E-state index in [2.05, 4.69) is 26.6 Å². The second kappa shape index (κ2) is 8.18. The molecule has 138 valence electrons. The summed E-state index contributed by atoms with van der Waals surface area (Å²) in [5, 5.41) is 7.72. The van der Waals surface area contributed by atoms with Crippen LogP contribution in [0.3, 0.4) is 0 Å². The van der Waals surface area contributed by atoms with E-state index in [0.29, 0.717) is 10.8 Å². The molecule has 0 saturated carbocycles. The highest BCUT2D eigenvalue weighted by Crippen LogP contribution is 2.30. The lowest BCUT2D eigenvalue weighted by Gasteiger charge is -2.34. The van der Waals surface area contributed by atoms with Gasteiger partial charge in [0.1, 0.15) is 11.4 Å². The highest BCUT2D eigenvalue weighted by Gasteiger charge is 2.23. The Labute approximate surface area is 156 Å². The Kier molecular flexibility index (Phi) is 5.72. The minimum Gasteiger partial charge on any atom is -0.495 e. The molecule has 1 aromatic carbocycles. The van der Waals surface area contributed by atoms with Crippen LogP contribution in [0.4, 0.5) is 10.8 Å². The quantitative estimate of drug-likeness (QED) is 0.840. The number of amides is 2. The molecular weight excluding hydrogens is 352 g/mol. The van der Waals surface area contributed by atoms with Crippen molar-refractivity contribution < 1.29 is 14.3 Å². The number of hydrogen-bond acceptors (Lipinski definition) is 6. The van der Waals surface area contributed by atoms with Gasteiger partial charge in [0.15, 0.2) is 5.13 Å². The van der Waals surface area contributed by atoms with Crippen LogP contribution in [0.15, 0.2) is 29.6 Å². The molecular formula is C18H22N4O3S. The maximum atomic E-state index is 12.4. The molecule has 1 aromatic heterocycles. The van der Waals surface area contributed by atoms with Crippen LogP contribution in [0, 0.1) is 0 Å². The van der Waals surface area contributed by atoms with Crippen molar-refractivity contribution in [1.29, 1.82) is 0 Å². The largest absolute Gasteiger partial charge is 0.495 e. The second-order valence-electron chi connectivity index (χ2n) is 6.13. The number of anilines is 2. The maximum absolute atomic E-state index is 12.4. The average molecular weight is 374 g/mol. The molecule has 8 heteroatoms. The molecule has 26 heavy (non-hydrogen) atoms. The number of rotatable bonds is 5. The predicted molar refractivity (Wildman–Crippen MR) is 102 cm³/mol. The zero-order valence-corrected chi connectivity index (χ0v) is 15.6. The van der Waals surface area contributed by atoms with Gasteiger partial charge in [0, 0.05) is 31.4 Å². The molecule has 1 fully saturated rings. The Hall–Kier alpha value is -2.61. The van der Waals surface area contributed by atoms with Gasteiger partial charge < -0.3 is 20.3 Å². The Morgan fingerprint density at radius 1 is 1.27 bits per heavy atom. The van der Waals surface area contributed by atoms with Gasteiger partial charge in [-0.1, -0.05) is 12.1 Å². The number of aromatic nitrogens is 1. The van der Waals surface area contributed by atoms with E-state index in [1.54, 1.807) is 12.5 Å². The van der Waals surface area contributed by atoms with Gasteiger partial charge in [-0.25, -0.2) is 4.98 Å². The van der Waals surface area contributed by atoms with Gasteiger partial charge in [-0.15, -0.1) is 11.3 Å². The molecule has 1 aliphatic heterocycles. The number of thiazole rings is 1. The van der Waals surface area contributed by atoms with Gasteiger partial charge in [0.25, 0.3) is 5.91 Å². The summed E-state index contributed by atoms with van der Waals surface area (Å²) in [7, 11) is 1.68. The van der Waals surface area contributed by atoms with Crippen LogP contribution in [-0.4, -0.2) is 43.0 Å². The maximum Gasteiger partial charge on any atom is 0.271 e. The molecule has 2 N–H and O–H groups in total. The number of nitrogens with one attached hydrogen (secondary N) is 2. The van der Waals surface area contributed by atoms with Crippen molar-refractivity contribution in [1.82, 2.24) is 10.3 Å². The number of benzene rings is 1. The summed E-state index contributed by atoms with van der Waals surface area (Å²) < 4.78 is 5.43. The van der Waals surface area contributed by atoms with Crippen LogP contribution in [0.25, 0.3) is 0 Å². The van der Waals surface area contributed by atoms with Crippen molar-refractivity contribution in [2.45, 2.75) is 25.8 Å². The minimum absolute atomic E-state index is 0.111. The molecule has 0 atom stereocenters. The van der Waals surface area contributed by atoms with E-state index < -0.39 is 0 Å². The van der Waals surface area contributed by atoms with Crippen LogP contribution < -0.4 is 20.3 Å². The van der Waals surface area contributed by atoms with Gasteiger partial charge in [0.05, 0.1) is 12.8 Å². The third-order valence-corrected chi connectivity index (χ3v) is 5.03. The van der Waals surface area contributed by atoms with Gasteiger partial charge in [-0.2, -0.15) is 0 Å². The van der Waals surface area contributed by atoms with E-state index >= 15 is 0 Å². The summed E-state index contributed by atoms with van der Waals surface area (Å²) in [4.78, 5) is 29.8. The zero-order valence-electron chi connectivity index (χ0n) is 14.8.